The summed E-state index contributed by atoms with van der Waals surface area (Å²) in [6.07, 6.45) is 1.14. The normalized spacial score (nSPS) is 18.6. The van der Waals surface area contributed by atoms with Crippen LogP contribution in [0.2, 0.25) is 0 Å². The number of nitrogens with zero attached hydrogens (tertiary/aromatic N) is 2. The predicted molar refractivity (Wildman–Crippen MR) is 91.1 cm³/mol. The number of carbonyl (C=O) groups excluding carboxylic acids is 2. The summed E-state index contributed by atoms with van der Waals surface area (Å²) in [5.74, 6) is -0.609. The lowest BCUT2D eigenvalue weighted by Crippen LogP contribution is -2.40. The van der Waals surface area contributed by atoms with Crippen molar-refractivity contribution in [3.8, 4) is 5.75 Å². The van der Waals surface area contributed by atoms with Crippen molar-refractivity contribution in [1.82, 2.24) is 4.90 Å². The van der Waals surface area contributed by atoms with E-state index in [1.165, 1.54) is 0 Å². The maximum Gasteiger partial charge on any atom is 0.306 e. The number of fused-ring (bicyclic) bond motifs is 1. The van der Waals surface area contributed by atoms with Gasteiger partial charge >= 0.3 is 5.97 Å². The second-order valence-corrected chi connectivity index (χ2v) is 6.42. The maximum absolute atomic E-state index is 12.6. The average Bonchev–Trinajstić information content (AvgIpc) is 2.61. The number of likely N-dealkylation sites (tertiary alicyclic amines) is 1. The minimum atomic E-state index is -0.759. The summed E-state index contributed by atoms with van der Waals surface area (Å²) in [4.78, 5) is 39.1. The zero-order chi connectivity index (χ0) is 18.0. The first-order valence-corrected chi connectivity index (χ1v) is 8.55. The van der Waals surface area contributed by atoms with E-state index in [0.29, 0.717) is 49.5 Å². The lowest BCUT2D eigenvalue weighted by molar-refractivity contribution is -0.143. The second-order valence-electron chi connectivity index (χ2n) is 6.42. The first-order valence-electron chi connectivity index (χ1n) is 8.55. The fourth-order valence-corrected chi connectivity index (χ4v) is 3.35. The highest BCUT2D eigenvalue weighted by Gasteiger charge is 2.27. The smallest absolute Gasteiger partial charge is 0.306 e. The van der Waals surface area contributed by atoms with Gasteiger partial charge in [0.25, 0.3) is 5.91 Å². The molecule has 1 aromatic rings. The van der Waals surface area contributed by atoms with Crippen molar-refractivity contribution in [3.05, 3.63) is 23.8 Å². The van der Waals surface area contributed by atoms with Gasteiger partial charge in [-0.25, -0.2) is 0 Å². The number of carboxylic acid groups (broad SMARTS) is 1. The summed E-state index contributed by atoms with van der Waals surface area (Å²) in [7, 11) is 0. The predicted octanol–water partition coefficient (Wildman–Crippen LogP) is 1.41. The average molecular weight is 346 g/mol. The molecule has 2 aliphatic rings. The largest absolute Gasteiger partial charge is 0.482 e. The van der Waals surface area contributed by atoms with E-state index in [1.807, 2.05) is 11.8 Å². The quantitative estimate of drug-likeness (QED) is 0.811. The minimum Gasteiger partial charge on any atom is -0.482 e. The zero-order valence-corrected chi connectivity index (χ0v) is 14.2. The molecule has 7 heteroatoms. The highest BCUT2D eigenvalue weighted by atomic mass is 16.5. The molecule has 134 valence electrons. The van der Waals surface area contributed by atoms with E-state index in [9.17, 15) is 14.4 Å². The van der Waals surface area contributed by atoms with Gasteiger partial charge in [0.05, 0.1) is 18.2 Å². The van der Waals surface area contributed by atoms with Crippen LogP contribution in [0.5, 0.6) is 5.75 Å². The van der Waals surface area contributed by atoms with Crippen LogP contribution in [-0.4, -0.2) is 60.5 Å². The number of likely N-dealkylation sites (N-methyl/N-ethyl adjacent to an activating group) is 1. The van der Waals surface area contributed by atoms with Gasteiger partial charge < -0.3 is 14.7 Å². The molecular weight excluding hydrogens is 324 g/mol. The number of rotatable bonds is 5. The molecule has 1 aromatic carbocycles. The molecule has 1 amide bonds. The molecule has 1 N–H and O–H groups in total. The van der Waals surface area contributed by atoms with Gasteiger partial charge in [-0.1, -0.05) is 0 Å². The highest BCUT2D eigenvalue weighted by molar-refractivity contribution is 6.02. The van der Waals surface area contributed by atoms with Crippen LogP contribution in [0.3, 0.4) is 0 Å². The minimum absolute atomic E-state index is 0.0205. The number of hydrogen-bond acceptors (Lipinski definition) is 5. The number of amides is 1. The Kier molecular flexibility index (Phi) is 5.03. The summed E-state index contributed by atoms with van der Waals surface area (Å²) >= 11 is 0. The molecule has 0 aliphatic carbocycles. The van der Waals surface area contributed by atoms with E-state index in [4.69, 9.17) is 9.84 Å². The topological polar surface area (TPSA) is 87.2 Å². The molecule has 0 radical (unpaired) electrons. The molecule has 1 saturated heterocycles. The van der Waals surface area contributed by atoms with Crippen LogP contribution in [0.15, 0.2) is 18.2 Å². The second kappa shape index (κ2) is 7.23. The summed E-state index contributed by atoms with van der Waals surface area (Å²) in [5.41, 5.74) is 1.17. The number of benzene rings is 1. The van der Waals surface area contributed by atoms with E-state index in [0.717, 1.165) is 0 Å². The monoisotopic (exact) mass is 346 g/mol. The molecular formula is C18H22N2O5. The van der Waals surface area contributed by atoms with Crippen molar-refractivity contribution >= 4 is 23.3 Å². The Morgan fingerprint density at radius 1 is 1.28 bits per heavy atom. The summed E-state index contributed by atoms with van der Waals surface area (Å²) < 4.78 is 5.42. The lowest BCUT2D eigenvalue weighted by Gasteiger charge is -2.30. The third-order valence-electron chi connectivity index (χ3n) is 4.84. The van der Waals surface area contributed by atoms with Gasteiger partial charge in [-0.2, -0.15) is 0 Å². The first kappa shape index (κ1) is 17.4. The van der Waals surface area contributed by atoms with E-state index in [2.05, 4.69) is 0 Å². The fourth-order valence-electron chi connectivity index (χ4n) is 3.35. The molecule has 2 heterocycles. The molecule has 0 saturated carbocycles. The molecule has 7 nitrogen and oxygen atoms in total. The number of Topliss-reactive ketones (excluding diaryl/α,β-unsaturated/α-hetero) is 1. The Bertz CT molecular complexity index is 695. The van der Waals surface area contributed by atoms with Crippen LogP contribution in [0.4, 0.5) is 5.69 Å². The van der Waals surface area contributed by atoms with E-state index in [1.54, 1.807) is 23.1 Å². The summed E-state index contributed by atoms with van der Waals surface area (Å²) in [6.45, 7) is 3.90. The number of anilines is 1. The first-order chi connectivity index (χ1) is 12.0. The Morgan fingerprint density at radius 3 is 2.64 bits per heavy atom. The lowest BCUT2D eigenvalue weighted by atomic mass is 9.96. The van der Waals surface area contributed by atoms with Crippen molar-refractivity contribution in [2.75, 3.05) is 37.7 Å². The van der Waals surface area contributed by atoms with Crippen LogP contribution in [0.1, 0.15) is 30.1 Å². The van der Waals surface area contributed by atoms with Gasteiger partial charge in [0.1, 0.15) is 5.75 Å². The van der Waals surface area contributed by atoms with Crippen LogP contribution >= 0.6 is 0 Å². The Labute approximate surface area is 146 Å². The number of piperidine rings is 1. The third-order valence-corrected chi connectivity index (χ3v) is 4.84. The molecule has 0 atom stereocenters. The van der Waals surface area contributed by atoms with Crippen molar-refractivity contribution in [1.29, 1.82) is 0 Å². The van der Waals surface area contributed by atoms with Gasteiger partial charge in [-0.05, 0) is 51.1 Å². The maximum atomic E-state index is 12.6. The van der Waals surface area contributed by atoms with Crippen molar-refractivity contribution in [2.45, 2.75) is 19.8 Å². The van der Waals surface area contributed by atoms with E-state index >= 15 is 0 Å². The molecule has 0 aromatic heterocycles. The number of carboxylic acids is 1. The van der Waals surface area contributed by atoms with Crippen LogP contribution in [0.25, 0.3) is 0 Å². The number of aliphatic carboxylic acids is 1. The summed E-state index contributed by atoms with van der Waals surface area (Å²) in [5, 5.41) is 9.04. The van der Waals surface area contributed by atoms with Crippen LogP contribution in [0, 0.1) is 5.92 Å². The molecule has 0 bridgehead atoms. The molecule has 0 unspecified atom stereocenters. The van der Waals surface area contributed by atoms with Crippen molar-refractivity contribution in [2.24, 2.45) is 5.92 Å². The third kappa shape index (κ3) is 3.66. The zero-order valence-electron chi connectivity index (χ0n) is 14.2. The molecule has 25 heavy (non-hydrogen) atoms. The van der Waals surface area contributed by atoms with Gasteiger partial charge in [0, 0.05) is 12.1 Å². The number of ketones is 1. The molecule has 1 fully saturated rings. The van der Waals surface area contributed by atoms with Gasteiger partial charge in [0.15, 0.2) is 12.4 Å². The Balaban J connectivity index is 1.68. The molecule has 0 spiro atoms. The fraction of sp³-hybridized carbons (Fsp3) is 0.500. The van der Waals surface area contributed by atoms with Gasteiger partial charge in [0.2, 0.25) is 0 Å². The van der Waals surface area contributed by atoms with Crippen molar-refractivity contribution < 1.29 is 24.2 Å². The molecule has 2 aliphatic heterocycles. The molecule has 3 rings (SSSR count). The highest BCUT2D eigenvalue weighted by Crippen LogP contribution is 2.33. The van der Waals surface area contributed by atoms with Crippen molar-refractivity contribution in [3.63, 3.8) is 0 Å². The SMILES string of the molecule is CCN1C(=O)COc2ccc(C(=O)CN3CCC(C(=O)O)CC3)cc21. The standard InChI is InChI=1S/C18H22N2O5/c1-2-20-14-9-13(3-4-16(14)25-11-17(20)22)15(21)10-19-7-5-12(6-8-19)18(23)24/h3-4,9,12H,2,5-8,10-11H2,1H3,(H,23,24). The summed E-state index contributed by atoms with van der Waals surface area (Å²) in [6, 6.07) is 5.16. The van der Waals surface area contributed by atoms with Gasteiger partial charge in [-0.3, -0.25) is 19.3 Å². The number of ether oxygens (including phenoxy) is 1. The van der Waals surface area contributed by atoms with E-state index in [-0.39, 0.29) is 30.8 Å². The van der Waals surface area contributed by atoms with Crippen LogP contribution < -0.4 is 9.64 Å². The van der Waals surface area contributed by atoms with E-state index < -0.39 is 5.97 Å². The van der Waals surface area contributed by atoms with Gasteiger partial charge in [-0.15, -0.1) is 0 Å². The number of carbonyl (C=O) groups is 3. The number of hydrogen-bond donors (Lipinski definition) is 1. The Morgan fingerprint density at radius 2 is 2.00 bits per heavy atom. The van der Waals surface area contributed by atoms with Crippen LogP contribution in [-0.2, 0) is 9.59 Å². The Hall–Kier alpha value is -2.41.